The molecule has 0 saturated heterocycles. The van der Waals surface area contributed by atoms with Crippen LogP contribution in [0.15, 0.2) is 18.2 Å². The SMILES string of the molecule is CCCCCCCCCOc1ccc([C@@H](C)N)cc1F. The molecule has 114 valence electrons. The number of nitrogens with two attached hydrogens (primary N) is 1. The van der Waals surface area contributed by atoms with E-state index < -0.39 is 0 Å². The Kier molecular flexibility index (Phi) is 8.28. The van der Waals surface area contributed by atoms with Crippen LogP contribution in [-0.2, 0) is 0 Å². The van der Waals surface area contributed by atoms with Crippen LogP contribution in [-0.4, -0.2) is 6.61 Å². The van der Waals surface area contributed by atoms with Crippen molar-refractivity contribution >= 4 is 0 Å². The Hall–Kier alpha value is -1.09. The summed E-state index contributed by atoms with van der Waals surface area (Å²) in [6, 6.07) is 4.81. The van der Waals surface area contributed by atoms with Crippen molar-refractivity contribution in [3.05, 3.63) is 29.6 Å². The first kappa shape index (κ1) is 17.0. The molecule has 0 amide bonds. The summed E-state index contributed by atoms with van der Waals surface area (Å²) < 4.78 is 19.2. The Balaban J connectivity index is 2.19. The maximum Gasteiger partial charge on any atom is 0.165 e. The lowest BCUT2D eigenvalue weighted by atomic mass is 10.1. The van der Waals surface area contributed by atoms with Crippen LogP contribution in [0.1, 0.15) is 70.4 Å². The Labute approximate surface area is 122 Å². The molecule has 0 unspecified atom stereocenters. The van der Waals surface area contributed by atoms with Crippen LogP contribution in [0.25, 0.3) is 0 Å². The van der Waals surface area contributed by atoms with Gasteiger partial charge in [0, 0.05) is 6.04 Å². The smallest absolute Gasteiger partial charge is 0.165 e. The second-order valence-corrected chi connectivity index (χ2v) is 5.45. The van der Waals surface area contributed by atoms with E-state index in [2.05, 4.69) is 6.92 Å². The molecule has 0 aliphatic heterocycles. The minimum Gasteiger partial charge on any atom is -0.491 e. The van der Waals surface area contributed by atoms with Crippen LogP contribution >= 0.6 is 0 Å². The van der Waals surface area contributed by atoms with Crippen LogP contribution < -0.4 is 10.5 Å². The van der Waals surface area contributed by atoms with Crippen molar-refractivity contribution in [3.63, 3.8) is 0 Å². The van der Waals surface area contributed by atoms with Gasteiger partial charge in [-0.15, -0.1) is 0 Å². The van der Waals surface area contributed by atoms with Gasteiger partial charge in [-0.1, -0.05) is 51.5 Å². The highest BCUT2D eigenvalue weighted by Crippen LogP contribution is 2.21. The summed E-state index contributed by atoms with van der Waals surface area (Å²) in [6.45, 7) is 4.65. The van der Waals surface area contributed by atoms with Crippen LogP contribution in [0, 0.1) is 5.82 Å². The predicted octanol–water partition coefficient (Wildman–Crippen LogP) is 4.97. The maximum absolute atomic E-state index is 13.7. The summed E-state index contributed by atoms with van der Waals surface area (Å²) >= 11 is 0. The zero-order valence-corrected chi connectivity index (χ0v) is 12.8. The molecule has 2 N–H and O–H groups in total. The van der Waals surface area contributed by atoms with Crippen molar-refractivity contribution in [1.29, 1.82) is 0 Å². The van der Waals surface area contributed by atoms with E-state index in [1.54, 1.807) is 6.07 Å². The second kappa shape index (κ2) is 9.76. The van der Waals surface area contributed by atoms with E-state index in [0.29, 0.717) is 12.4 Å². The standard InChI is InChI=1S/C17H28FNO/c1-3-4-5-6-7-8-9-12-20-17-11-10-15(14(2)19)13-16(17)18/h10-11,13-14H,3-9,12,19H2,1-2H3/t14-/m1/s1. The molecule has 0 heterocycles. The van der Waals surface area contributed by atoms with Gasteiger partial charge in [-0.2, -0.15) is 0 Å². The molecule has 20 heavy (non-hydrogen) atoms. The van der Waals surface area contributed by atoms with E-state index in [1.807, 2.05) is 13.0 Å². The van der Waals surface area contributed by atoms with Crippen molar-refractivity contribution in [2.24, 2.45) is 5.73 Å². The predicted molar refractivity (Wildman–Crippen MR) is 82.5 cm³/mol. The number of hydrogen-bond acceptors (Lipinski definition) is 2. The summed E-state index contributed by atoms with van der Waals surface area (Å²) in [5, 5.41) is 0. The molecule has 1 aromatic carbocycles. The van der Waals surface area contributed by atoms with E-state index in [0.717, 1.165) is 18.4 Å². The number of hydrogen-bond donors (Lipinski definition) is 1. The maximum atomic E-state index is 13.7. The van der Waals surface area contributed by atoms with Gasteiger partial charge in [0.1, 0.15) is 0 Å². The topological polar surface area (TPSA) is 35.2 Å². The van der Waals surface area contributed by atoms with E-state index in [-0.39, 0.29) is 11.9 Å². The van der Waals surface area contributed by atoms with Gasteiger partial charge < -0.3 is 10.5 Å². The molecule has 1 rings (SSSR count). The zero-order valence-electron chi connectivity index (χ0n) is 12.8. The van der Waals surface area contributed by atoms with Crippen LogP contribution in [0.3, 0.4) is 0 Å². The molecule has 0 saturated carbocycles. The van der Waals surface area contributed by atoms with E-state index in [4.69, 9.17) is 10.5 Å². The molecule has 0 spiro atoms. The van der Waals surface area contributed by atoms with Crippen LogP contribution in [0.2, 0.25) is 0 Å². The largest absolute Gasteiger partial charge is 0.491 e. The number of ether oxygens (including phenoxy) is 1. The molecule has 0 aromatic heterocycles. The number of benzene rings is 1. The summed E-state index contributed by atoms with van der Waals surface area (Å²) in [5.74, 6) is 0.0168. The third-order valence-electron chi connectivity index (χ3n) is 3.49. The first-order valence-electron chi connectivity index (χ1n) is 7.83. The molecule has 0 fully saturated rings. The van der Waals surface area contributed by atoms with Gasteiger partial charge in [-0.25, -0.2) is 4.39 Å². The number of unbranched alkanes of at least 4 members (excludes halogenated alkanes) is 6. The molecule has 0 bridgehead atoms. The third kappa shape index (κ3) is 6.38. The quantitative estimate of drug-likeness (QED) is 0.614. The zero-order chi connectivity index (χ0) is 14.8. The fourth-order valence-corrected chi connectivity index (χ4v) is 2.16. The summed E-state index contributed by atoms with van der Waals surface area (Å²) in [5.41, 5.74) is 6.51. The van der Waals surface area contributed by atoms with E-state index in [1.165, 1.54) is 38.2 Å². The highest BCUT2D eigenvalue weighted by molar-refractivity contribution is 5.30. The monoisotopic (exact) mass is 281 g/mol. The summed E-state index contributed by atoms with van der Waals surface area (Å²) in [6.07, 6.45) is 8.61. The molecule has 2 nitrogen and oxygen atoms in total. The highest BCUT2D eigenvalue weighted by atomic mass is 19.1. The van der Waals surface area contributed by atoms with Crippen molar-refractivity contribution in [3.8, 4) is 5.75 Å². The van der Waals surface area contributed by atoms with Crippen molar-refractivity contribution in [2.45, 2.75) is 64.8 Å². The lowest BCUT2D eigenvalue weighted by Gasteiger charge is -2.10. The third-order valence-corrected chi connectivity index (χ3v) is 3.49. The molecule has 1 atom stereocenters. The van der Waals surface area contributed by atoms with Gasteiger partial charge in [-0.3, -0.25) is 0 Å². The summed E-state index contributed by atoms with van der Waals surface area (Å²) in [4.78, 5) is 0. The Bertz CT molecular complexity index is 379. The molecular weight excluding hydrogens is 253 g/mol. The minimum absolute atomic E-state index is 0.151. The molecule has 1 aromatic rings. The first-order chi connectivity index (χ1) is 9.65. The van der Waals surface area contributed by atoms with E-state index >= 15 is 0 Å². The lowest BCUT2D eigenvalue weighted by Crippen LogP contribution is -2.06. The van der Waals surface area contributed by atoms with Gasteiger partial charge in [0.15, 0.2) is 11.6 Å². The average Bonchev–Trinajstić information content (AvgIpc) is 2.43. The number of rotatable bonds is 10. The van der Waals surface area contributed by atoms with Crippen molar-refractivity contribution in [1.82, 2.24) is 0 Å². The van der Waals surface area contributed by atoms with Gasteiger partial charge >= 0.3 is 0 Å². The molecule has 0 aliphatic carbocycles. The normalized spacial score (nSPS) is 12.4. The van der Waals surface area contributed by atoms with Crippen molar-refractivity contribution in [2.75, 3.05) is 6.61 Å². The van der Waals surface area contributed by atoms with Gasteiger partial charge in [0.05, 0.1) is 6.61 Å². The molecule has 3 heteroatoms. The van der Waals surface area contributed by atoms with Crippen LogP contribution in [0.5, 0.6) is 5.75 Å². The Morgan fingerprint density at radius 1 is 1.10 bits per heavy atom. The van der Waals surface area contributed by atoms with Crippen molar-refractivity contribution < 1.29 is 9.13 Å². The Morgan fingerprint density at radius 2 is 1.75 bits per heavy atom. The number of halogens is 1. The van der Waals surface area contributed by atoms with Gasteiger partial charge in [0.2, 0.25) is 0 Å². The second-order valence-electron chi connectivity index (χ2n) is 5.45. The fourth-order valence-electron chi connectivity index (χ4n) is 2.16. The molecular formula is C17H28FNO. The van der Waals surface area contributed by atoms with Gasteiger partial charge in [0.25, 0.3) is 0 Å². The Morgan fingerprint density at radius 3 is 2.35 bits per heavy atom. The highest BCUT2D eigenvalue weighted by Gasteiger charge is 2.07. The fraction of sp³-hybridized carbons (Fsp3) is 0.647. The summed E-state index contributed by atoms with van der Waals surface area (Å²) in [7, 11) is 0. The lowest BCUT2D eigenvalue weighted by molar-refractivity contribution is 0.289. The average molecular weight is 281 g/mol. The van der Waals surface area contributed by atoms with Gasteiger partial charge in [-0.05, 0) is 31.0 Å². The minimum atomic E-state index is -0.317. The first-order valence-corrected chi connectivity index (χ1v) is 7.83. The molecule has 0 aliphatic rings. The molecule has 0 radical (unpaired) electrons. The van der Waals surface area contributed by atoms with Crippen LogP contribution in [0.4, 0.5) is 4.39 Å². The van der Waals surface area contributed by atoms with E-state index in [9.17, 15) is 4.39 Å².